The number of hydrogen-bond acceptors (Lipinski definition) is 2. The summed E-state index contributed by atoms with van der Waals surface area (Å²) in [6.07, 6.45) is 0. The van der Waals surface area contributed by atoms with Crippen molar-refractivity contribution in [1.82, 2.24) is 0 Å². The number of hydrogen-bond donors (Lipinski definition) is 0. The molecule has 0 saturated heterocycles. The lowest BCUT2D eigenvalue weighted by molar-refractivity contribution is 0.674. The van der Waals surface area contributed by atoms with Gasteiger partial charge in [-0.3, -0.25) is 0 Å². The molecule has 0 radical (unpaired) electrons. The Balaban J connectivity index is 1.00. The summed E-state index contributed by atoms with van der Waals surface area (Å²) < 4.78 is 6.91. The van der Waals surface area contributed by atoms with Crippen molar-refractivity contribution in [3.8, 4) is 44.5 Å². The van der Waals surface area contributed by atoms with Crippen molar-refractivity contribution in [2.45, 2.75) is 0 Å². The summed E-state index contributed by atoms with van der Waals surface area (Å²) in [5, 5.41) is 7.02. The van der Waals surface area contributed by atoms with Gasteiger partial charge in [0.05, 0.1) is 0 Å². The first kappa shape index (κ1) is 33.6. The van der Waals surface area contributed by atoms with Crippen LogP contribution in [0, 0.1) is 0 Å². The highest BCUT2D eigenvalue weighted by Gasteiger charge is 2.19. The first-order chi connectivity index (χ1) is 28.7. The number of rotatable bonds is 7. The summed E-state index contributed by atoms with van der Waals surface area (Å²) in [5.74, 6) is 0. The maximum absolute atomic E-state index is 6.91. The smallest absolute Gasteiger partial charge is 0.143 e. The minimum atomic E-state index is 0.899. The molecule has 1 aromatic heterocycles. The van der Waals surface area contributed by atoms with Gasteiger partial charge in [-0.15, -0.1) is 0 Å². The molecule has 0 fully saturated rings. The van der Waals surface area contributed by atoms with Gasteiger partial charge < -0.3 is 9.32 Å². The van der Waals surface area contributed by atoms with Gasteiger partial charge in [-0.1, -0.05) is 176 Å². The maximum atomic E-state index is 6.91. The zero-order chi connectivity index (χ0) is 38.4. The van der Waals surface area contributed by atoms with Gasteiger partial charge >= 0.3 is 0 Å². The molecule has 2 heteroatoms. The lowest BCUT2D eigenvalue weighted by atomic mass is 9.93. The van der Waals surface area contributed by atoms with E-state index in [2.05, 4.69) is 229 Å². The van der Waals surface area contributed by atoms with E-state index in [9.17, 15) is 0 Å². The first-order valence-corrected chi connectivity index (χ1v) is 19.8. The summed E-state index contributed by atoms with van der Waals surface area (Å²) >= 11 is 0. The summed E-state index contributed by atoms with van der Waals surface area (Å²) in [5.41, 5.74) is 14.4. The minimum absolute atomic E-state index is 0.899. The maximum Gasteiger partial charge on any atom is 0.143 e. The fourth-order valence-electron chi connectivity index (χ4n) is 8.55. The number of fused-ring (bicyclic) bond motifs is 6. The summed E-state index contributed by atoms with van der Waals surface area (Å²) in [6, 6.07) is 80.5. The minimum Gasteiger partial charge on any atom is -0.455 e. The van der Waals surface area contributed by atoms with Gasteiger partial charge in [-0.2, -0.15) is 0 Å². The molecule has 0 amide bonds. The zero-order valence-corrected chi connectivity index (χ0v) is 31.7. The van der Waals surface area contributed by atoms with Crippen molar-refractivity contribution in [2.75, 3.05) is 4.90 Å². The quantitative estimate of drug-likeness (QED) is 0.162. The molecule has 10 aromatic carbocycles. The van der Waals surface area contributed by atoms with Crippen LogP contribution in [-0.4, -0.2) is 0 Å². The Labute approximate surface area is 337 Å². The predicted molar refractivity (Wildman–Crippen MR) is 245 cm³/mol. The molecular weight excluding hydrogens is 703 g/mol. The van der Waals surface area contributed by atoms with Crippen LogP contribution in [0.4, 0.5) is 17.1 Å². The molecule has 0 saturated carbocycles. The number of benzene rings is 10. The molecule has 58 heavy (non-hydrogen) atoms. The van der Waals surface area contributed by atoms with E-state index in [4.69, 9.17) is 4.42 Å². The zero-order valence-electron chi connectivity index (χ0n) is 31.7. The number of anilines is 3. The Bertz CT molecular complexity index is 3150. The molecule has 0 unspecified atom stereocenters. The van der Waals surface area contributed by atoms with Crippen LogP contribution < -0.4 is 4.90 Å². The van der Waals surface area contributed by atoms with Gasteiger partial charge in [-0.05, 0) is 104 Å². The fourth-order valence-corrected chi connectivity index (χ4v) is 8.55. The van der Waals surface area contributed by atoms with Crippen molar-refractivity contribution in [3.63, 3.8) is 0 Å². The van der Waals surface area contributed by atoms with Crippen LogP contribution >= 0.6 is 0 Å². The third-order valence-corrected chi connectivity index (χ3v) is 11.5. The second kappa shape index (κ2) is 14.1. The highest BCUT2D eigenvalue weighted by atomic mass is 16.3. The molecule has 0 spiro atoms. The van der Waals surface area contributed by atoms with Gasteiger partial charge in [0, 0.05) is 38.8 Å². The predicted octanol–water partition coefficient (Wildman–Crippen LogP) is 16.0. The van der Waals surface area contributed by atoms with Crippen LogP contribution in [0.1, 0.15) is 0 Å². The van der Waals surface area contributed by atoms with Crippen molar-refractivity contribution in [3.05, 3.63) is 224 Å². The molecule has 2 nitrogen and oxygen atoms in total. The average Bonchev–Trinajstić information content (AvgIpc) is 3.69. The second-order valence-electron chi connectivity index (χ2n) is 14.9. The largest absolute Gasteiger partial charge is 0.455 e. The summed E-state index contributed by atoms with van der Waals surface area (Å²) in [4.78, 5) is 2.33. The van der Waals surface area contributed by atoms with Crippen molar-refractivity contribution in [2.24, 2.45) is 0 Å². The monoisotopic (exact) mass is 739 g/mol. The lowest BCUT2D eigenvalue weighted by Gasteiger charge is -2.26. The Morgan fingerprint density at radius 2 is 0.724 bits per heavy atom. The molecule has 11 rings (SSSR count). The van der Waals surface area contributed by atoms with E-state index in [0.29, 0.717) is 0 Å². The van der Waals surface area contributed by atoms with Crippen LogP contribution in [0.2, 0.25) is 0 Å². The van der Waals surface area contributed by atoms with Crippen LogP contribution in [0.3, 0.4) is 0 Å². The van der Waals surface area contributed by atoms with Crippen LogP contribution in [-0.2, 0) is 0 Å². The molecule has 0 N–H and O–H groups in total. The Morgan fingerprint density at radius 1 is 0.259 bits per heavy atom. The molecular formula is C56H37NO. The summed E-state index contributed by atoms with van der Waals surface area (Å²) in [6.45, 7) is 0. The van der Waals surface area contributed by atoms with E-state index >= 15 is 0 Å². The van der Waals surface area contributed by atoms with Crippen LogP contribution in [0.25, 0.3) is 88.0 Å². The van der Waals surface area contributed by atoms with E-state index < -0.39 is 0 Å². The van der Waals surface area contributed by atoms with E-state index in [0.717, 1.165) is 55.5 Å². The van der Waals surface area contributed by atoms with Crippen LogP contribution in [0.15, 0.2) is 229 Å². The average molecular weight is 740 g/mol. The molecule has 0 atom stereocenters. The van der Waals surface area contributed by atoms with Gasteiger partial charge in [0.25, 0.3) is 0 Å². The van der Waals surface area contributed by atoms with E-state index in [-0.39, 0.29) is 0 Å². The van der Waals surface area contributed by atoms with Gasteiger partial charge in [-0.25, -0.2) is 0 Å². The highest BCUT2D eigenvalue weighted by molar-refractivity contribution is 6.21. The van der Waals surface area contributed by atoms with E-state index in [1.807, 2.05) is 0 Å². The molecule has 1 heterocycles. The number of para-hydroxylation sites is 1. The van der Waals surface area contributed by atoms with Gasteiger partial charge in [0.15, 0.2) is 0 Å². The first-order valence-electron chi connectivity index (χ1n) is 19.8. The number of nitrogens with zero attached hydrogens (tertiary/aromatic N) is 1. The standard InChI is InChI=1S/C56H37NO/c1-3-12-38(13-4-1)41-24-30-46(31-25-41)57(47-32-26-42(27-33-47)39-14-5-2-6-15-39)48-34-28-43(29-35-48)49-20-11-21-52-54-37-53(45-23-22-40-16-7-8-17-44(40)36-45)50-18-9-10-19-51(50)56(54)58-55(49)52/h1-37H. The van der Waals surface area contributed by atoms with Crippen molar-refractivity contribution >= 4 is 60.5 Å². The molecule has 0 aliphatic carbocycles. The van der Waals surface area contributed by atoms with Gasteiger partial charge in [0.2, 0.25) is 0 Å². The fraction of sp³-hybridized carbons (Fsp3) is 0. The lowest BCUT2D eigenvalue weighted by Crippen LogP contribution is -2.09. The third kappa shape index (κ3) is 5.91. The van der Waals surface area contributed by atoms with Crippen molar-refractivity contribution in [1.29, 1.82) is 0 Å². The SMILES string of the molecule is c1ccc(-c2ccc(N(c3ccc(-c4ccccc4)cc3)c3ccc(-c4cccc5c4oc4c6ccccc6c(-c6ccc7ccccc7c6)cc54)cc3)cc2)cc1. The van der Waals surface area contributed by atoms with E-state index in [1.165, 1.54) is 49.5 Å². The second-order valence-corrected chi connectivity index (χ2v) is 14.9. The molecule has 272 valence electrons. The third-order valence-electron chi connectivity index (χ3n) is 11.5. The Morgan fingerprint density at radius 3 is 1.34 bits per heavy atom. The molecule has 0 aliphatic rings. The van der Waals surface area contributed by atoms with Crippen LogP contribution in [0.5, 0.6) is 0 Å². The van der Waals surface area contributed by atoms with E-state index in [1.54, 1.807) is 0 Å². The molecule has 0 aliphatic heterocycles. The Kier molecular flexibility index (Phi) is 8.19. The summed E-state index contributed by atoms with van der Waals surface area (Å²) in [7, 11) is 0. The van der Waals surface area contributed by atoms with Crippen molar-refractivity contribution < 1.29 is 4.42 Å². The topological polar surface area (TPSA) is 16.4 Å². The highest BCUT2D eigenvalue weighted by Crippen LogP contribution is 2.44. The molecule has 0 bridgehead atoms. The Hall–Kier alpha value is -7.68. The number of furan rings is 1. The molecule has 11 aromatic rings. The van der Waals surface area contributed by atoms with Gasteiger partial charge in [0.1, 0.15) is 11.2 Å². The normalized spacial score (nSPS) is 11.4.